The van der Waals surface area contributed by atoms with E-state index in [1.54, 1.807) is 10.9 Å². The van der Waals surface area contributed by atoms with Crippen LogP contribution in [0.1, 0.15) is 43.4 Å². The lowest BCUT2D eigenvalue weighted by Crippen LogP contribution is -2.46. The lowest BCUT2D eigenvalue weighted by atomic mass is 9.92. The van der Waals surface area contributed by atoms with Gasteiger partial charge < -0.3 is 20.9 Å². The average molecular weight is 614 g/mol. The number of benzene rings is 2. The molecule has 0 radical (unpaired) electrons. The number of nitrogens with zero attached hydrogens (tertiary/aromatic N) is 5. The van der Waals surface area contributed by atoms with E-state index in [1.165, 1.54) is 0 Å². The minimum atomic E-state index is -0.429. The number of nitrogens with one attached hydrogen (secondary N) is 4. The Morgan fingerprint density at radius 1 is 1.02 bits per heavy atom. The highest BCUT2D eigenvalue weighted by molar-refractivity contribution is 6.33. The van der Waals surface area contributed by atoms with Gasteiger partial charge in [-0.05, 0) is 54.7 Å². The average Bonchev–Trinajstić information content (AvgIpc) is 3.53. The fourth-order valence-electron chi connectivity index (χ4n) is 6.37. The van der Waals surface area contributed by atoms with E-state index in [-0.39, 0.29) is 23.8 Å². The zero-order valence-corrected chi connectivity index (χ0v) is 25.1. The Bertz CT molecular complexity index is 1820. The first-order chi connectivity index (χ1) is 21.2. The number of aryl methyl sites for hydroxylation is 1. The maximum Gasteiger partial charge on any atom is 0.235 e. The topological polar surface area (TPSA) is 146 Å². The van der Waals surface area contributed by atoms with Crippen molar-refractivity contribution in [3.05, 3.63) is 58.9 Å². The Labute approximate surface area is 258 Å². The molecule has 3 aliphatic heterocycles. The molecule has 3 atom stereocenters. The number of hydrogen-bond acceptors (Lipinski definition) is 9. The van der Waals surface area contributed by atoms with Gasteiger partial charge in [0.25, 0.3) is 0 Å². The summed E-state index contributed by atoms with van der Waals surface area (Å²) in [6.45, 7) is 3.74. The standard InChI is InChI=1S/C31H32ClN9O3/c1-16-15-41(31-33-14-22(32)29(38-31)35-18-4-3-17-11-27(43)36-24(17)12-18)10-9-23(16)34-19-5-6-20-25(13-19)40(2)39-28(20)21-7-8-26(42)37-30(21)44/h3-6,12-14,16,21,23,34H,7-11,15H2,1-2H3,(H,36,43)(H,33,35,38)(H,37,42,44)/t16-,21?,23-/m1/s1. The van der Waals surface area contributed by atoms with Gasteiger partial charge in [0.2, 0.25) is 23.7 Å². The monoisotopic (exact) mass is 613 g/mol. The molecule has 2 fully saturated rings. The Balaban J connectivity index is 1.02. The first-order valence-electron chi connectivity index (χ1n) is 14.8. The van der Waals surface area contributed by atoms with Gasteiger partial charge in [-0.3, -0.25) is 24.4 Å². The van der Waals surface area contributed by atoms with E-state index in [2.05, 4.69) is 49.2 Å². The predicted molar refractivity (Wildman–Crippen MR) is 168 cm³/mol. The third-order valence-corrected chi connectivity index (χ3v) is 9.00. The van der Waals surface area contributed by atoms with Crippen molar-refractivity contribution in [2.75, 3.05) is 33.9 Å². The first kappa shape index (κ1) is 28.1. The minimum Gasteiger partial charge on any atom is -0.382 e. The molecule has 226 valence electrons. The molecule has 4 N–H and O–H groups in total. The van der Waals surface area contributed by atoms with Crippen LogP contribution in [0.5, 0.6) is 0 Å². The number of carbonyl (C=O) groups is 3. The van der Waals surface area contributed by atoms with Gasteiger partial charge in [-0.1, -0.05) is 24.6 Å². The zero-order chi connectivity index (χ0) is 30.5. The lowest BCUT2D eigenvalue weighted by molar-refractivity contribution is -0.134. The Kier molecular flexibility index (Phi) is 7.08. The molecule has 7 rings (SSSR count). The molecule has 0 aliphatic carbocycles. The van der Waals surface area contributed by atoms with Crippen LogP contribution < -0.4 is 26.2 Å². The van der Waals surface area contributed by atoms with Crippen LogP contribution in [-0.4, -0.2) is 56.6 Å². The molecule has 0 saturated carbocycles. The second kappa shape index (κ2) is 11.1. The van der Waals surface area contributed by atoms with Gasteiger partial charge in [0, 0.05) is 55.0 Å². The molecule has 12 nitrogen and oxygen atoms in total. The Morgan fingerprint density at radius 3 is 2.68 bits per heavy atom. The predicted octanol–water partition coefficient (Wildman–Crippen LogP) is 4.10. The minimum absolute atomic E-state index is 0.0111. The molecule has 3 aliphatic rings. The van der Waals surface area contributed by atoms with Gasteiger partial charge in [-0.2, -0.15) is 10.1 Å². The SMILES string of the molecule is C[C@@H]1CN(c2ncc(Cl)c(Nc3ccc4c(c3)NC(=O)C4)n2)CC[C@H]1Nc1ccc2c(C3CCC(=O)NC3=O)nn(C)c2c1. The van der Waals surface area contributed by atoms with Crippen LogP contribution in [0.25, 0.3) is 10.9 Å². The summed E-state index contributed by atoms with van der Waals surface area (Å²) in [5.74, 6) is 0.453. The number of imide groups is 1. The second-order valence-electron chi connectivity index (χ2n) is 11.8. The summed E-state index contributed by atoms with van der Waals surface area (Å²) in [5.41, 5.74) is 5.17. The van der Waals surface area contributed by atoms with E-state index in [9.17, 15) is 14.4 Å². The highest BCUT2D eigenvalue weighted by Gasteiger charge is 2.32. The van der Waals surface area contributed by atoms with Crippen LogP contribution in [0, 0.1) is 5.92 Å². The molecule has 1 unspecified atom stereocenters. The Hall–Kier alpha value is -4.71. The number of amides is 3. The normalized spacial score (nSPS) is 21.7. The molecule has 13 heteroatoms. The number of carbonyl (C=O) groups excluding carboxylic acids is 3. The van der Waals surface area contributed by atoms with E-state index in [0.29, 0.717) is 47.7 Å². The molecule has 2 aromatic carbocycles. The third-order valence-electron chi connectivity index (χ3n) is 8.72. The zero-order valence-electron chi connectivity index (χ0n) is 24.4. The molecule has 3 amide bonds. The number of rotatable bonds is 6. The van der Waals surface area contributed by atoms with E-state index >= 15 is 0 Å². The third kappa shape index (κ3) is 5.30. The molecular formula is C31H32ClN9O3. The van der Waals surface area contributed by atoms with Crippen molar-refractivity contribution in [2.24, 2.45) is 13.0 Å². The molecule has 2 saturated heterocycles. The van der Waals surface area contributed by atoms with Crippen molar-refractivity contribution in [3.63, 3.8) is 0 Å². The highest BCUT2D eigenvalue weighted by Crippen LogP contribution is 2.34. The van der Waals surface area contributed by atoms with Gasteiger partial charge in [-0.25, -0.2) is 4.98 Å². The van der Waals surface area contributed by atoms with Crippen molar-refractivity contribution in [2.45, 2.75) is 44.6 Å². The smallest absolute Gasteiger partial charge is 0.235 e. The molecule has 4 aromatic rings. The largest absolute Gasteiger partial charge is 0.382 e. The van der Waals surface area contributed by atoms with Gasteiger partial charge in [0.1, 0.15) is 5.02 Å². The summed E-state index contributed by atoms with van der Waals surface area (Å²) in [6.07, 6.45) is 3.67. The number of aromatic nitrogens is 4. The lowest BCUT2D eigenvalue weighted by Gasteiger charge is -2.37. The second-order valence-corrected chi connectivity index (χ2v) is 12.2. The van der Waals surface area contributed by atoms with E-state index < -0.39 is 5.92 Å². The number of halogens is 1. The first-order valence-corrected chi connectivity index (χ1v) is 15.1. The van der Waals surface area contributed by atoms with Gasteiger partial charge in [-0.15, -0.1) is 0 Å². The van der Waals surface area contributed by atoms with Crippen molar-refractivity contribution >= 4 is 69.1 Å². The summed E-state index contributed by atoms with van der Waals surface area (Å²) < 4.78 is 1.80. The van der Waals surface area contributed by atoms with Crippen LogP contribution in [0.4, 0.5) is 28.8 Å². The van der Waals surface area contributed by atoms with Crippen LogP contribution in [0.3, 0.4) is 0 Å². The van der Waals surface area contributed by atoms with Crippen molar-refractivity contribution in [3.8, 4) is 0 Å². The fraction of sp³-hybridized carbons (Fsp3) is 0.355. The number of fused-ring (bicyclic) bond motifs is 2. The molecule has 5 heterocycles. The fourth-order valence-corrected chi connectivity index (χ4v) is 6.51. The van der Waals surface area contributed by atoms with E-state index in [0.717, 1.165) is 53.0 Å². The molecule has 0 bridgehead atoms. The summed E-state index contributed by atoms with van der Waals surface area (Å²) in [6, 6.07) is 12.1. The summed E-state index contributed by atoms with van der Waals surface area (Å²) >= 11 is 6.45. The van der Waals surface area contributed by atoms with Crippen LogP contribution in [0.15, 0.2) is 42.6 Å². The molecular weight excluding hydrogens is 582 g/mol. The number of hydrogen-bond donors (Lipinski definition) is 4. The Morgan fingerprint density at radius 2 is 1.86 bits per heavy atom. The van der Waals surface area contributed by atoms with E-state index in [4.69, 9.17) is 16.6 Å². The maximum absolute atomic E-state index is 12.5. The van der Waals surface area contributed by atoms with Crippen molar-refractivity contribution < 1.29 is 14.4 Å². The quantitative estimate of drug-likeness (QED) is 0.236. The highest BCUT2D eigenvalue weighted by atomic mass is 35.5. The van der Waals surface area contributed by atoms with Crippen LogP contribution in [-0.2, 0) is 27.9 Å². The van der Waals surface area contributed by atoms with E-state index in [1.807, 2.05) is 37.4 Å². The maximum atomic E-state index is 12.5. The van der Waals surface area contributed by atoms with Gasteiger partial charge in [0.15, 0.2) is 5.82 Å². The van der Waals surface area contributed by atoms with Crippen molar-refractivity contribution in [1.82, 2.24) is 25.1 Å². The van der Waals surface area contributed by atoms with Gasteiger partial charge in [0.05, 0.1) is 29.7 Å². The summed E-state index contributed by atoms with van der Waals surface area (Å²) in [4.78, 5) is 47.3. The molecule has 44 heavy (non-hydrogen) atoms. The van der Waals surface area contributed by atoms with Gasteiger partial charge >= 0.3 is 0 Å². The number of piperidine rings is 2. The summed E-state index contributed by atoms with van der Waals surface area (Å²) in [5, 5.41) is 18.3. The molecule has 2 aromatic heterocycles. The summed E-state index contributed by atoms with van der Waals surface area (Å²) in [7, 11) is 1.88. The molecule has 0 spiro atoms. The van der Waals surface area contributed by atoms with Crippen LogP contribution >= 0.6 is 11.6 Å². The van der Waals surface area contributed by atoms with Crippen molar-refractivity contribution in [1.29, 1.82) is 0 Å². The number of anilines is 5. The van der Waals surface area contributed by atoms with Crippen LogP contribution in [0.2, 0.25) is 5.02 Å².